The Morgan fingerprint density at radius 1 is 1.35 bits per heavy atom. The molecule has 0 spiro atoms. The maximum Gasteiger partial charge on any atom is 0.273 e. The first kappa shape index (κ1) is 15.6. The van der Waals surface area contributed by atoms with E-state index in [1.807, 2.05) is 0 Å². The molecular formula is C12H12BrClN2O2S2. The van der Waals surface area contributed by atoms with Gasteiger partial charge >= 0.3 is 0 Å². The van der Waals surface area contributed by atoms with Crippen molar-refractivity contribution >= 4 is 60.3 Å². The number of anilines is 2. The summed E-state index contributed by atoms with van der Waals surface area (Å²) in [7, 11) is -2.19. The quantitative estimate of drug-likeness (QED) is 0.802. The monoisotopic (exact) mass is 394 g/mol. The van der Waals surface area contributed by atoms with Gasteiger partial charge in [0.2, 0.25) is 0 Å². The van der Waals surface area contributed by atoms with Crippen LogP contribution in [0.1, 0.15) is 5.56 Å². The second kappa shape index (κ2) is 5.55. The third-order valence-electron chi connectivity index (χ3n) is 2.78. The fraction of sp³-hybridized carbons (Fsp3) is 0.167. The molecule has 0 unspecified atom stereocenters. The van der Waals surface area contributed by atoms with Gasteiger partial charge in [-0.3, -0.25) is 4.31 Å². The van der Waals surface area contributed by atoms with Gasteiger partial charge < -0.3 is 5.73 Å². The van der Waals surface area contributed by atoms with Crippen LogP contribution in [0.25, 0.3) is 0 Å². The standard InChI is InChI=1S/C12H12BrClN2O2S2/c1-7-5-11(19-12(7)14)20(17,18)16(2)10-4-3-8(13)6-9(10)15/h3-6H,15H2,1-2H3. The Kier molecular flexibility index (Phi) is 4.34. The summed E-state index contributed by atoms with van der Waals surface area (Å²) in [5.74, 6) is 0. The first-order valence-electron chi connectivity index (χ1n) is 5.53. The minimum absolute atomic E-state index is 0.199. The van der Waals surface area contributed by atoms with Gasteiger partial charge in [-0.2, -0.15) is 0 Å². The number of thiophene rings is 1. The number of sulfonamides is 1. The predicted molar refractivity (Wildman–Crippen MR) is 88.2 cm³/mol. The zero-order chi connectivity index (χ0) is 15.1. The summed E-state index contributed by atoms with van der Waals surface area (Å²) in [5, 5.41) is 0. The van der Waals surface area contributed by atoms with Gasteiger partial charge in [0.25, 0.3) is 10.0 Å². The summed E-state index contributed by atoms with van der Waals surface area (Å²) in [5.41, 5.74) is 7.42. The Morgan fingerprint density at radius 3 is 2.50 bits per heavy atom. The molecular weight excluding hydrogens is 384 g/mol. The average molecular weight is 396 g/mol. The van der Waals surface area contributed by atoms with Crippen LogP contribution in [0.5, 0.6) is 0 Å². The van der Waals surface area contributed by atoms with Crippen molar-refractivity contribution in [2.45, 2.75) is 11.1 Å². The van der Waals surface area contributed by atoms with Gasteiger partial charge in [0, 0.05) is 11.5 Å². The van der Waals surface area contributed by atoms with Crippen molar-refractivity contribution in [3.8, 4) is 0 Å². The molecule has 108 valence electrons. The highest BCUT2D eigenvalue weighted by molar-refractivity contribution is 9.10. The Balaban J connectivity index is 2.48. The first-order chi connectivity index (χ1) is 9.23. The fourth-order valence-electron chi connectivity index (χ4n) is 1.64. The lowest BCUT2D eigenvalue weighted by molar-refractivity contribution is 0.596. The Hall–Kier alpha value is -0.760. The summed E-state index contributed by atoms with van der Waals surface area (Å²) < 4.78 is 27.7. The van der Waals surface area contributed by atoms with Gasteiger partial charge in [-0.1, -0.05) is 27.5 Å². The van der Waals surface area contributed by atoms with Gasteiger partial charge in [-0.15, -0.1) is 11.3 Å². The van der Waals surface area contributed by atoms with Crippen molar-refractivity contribution in [3.05, 3.63) is 38.6 Å². The molecule has 0 bridgehead atoms. The molecule has 0 aliphatic carbocycles. The molecule has 0 saturated carbocycles. The van der Waals surface area contributed by atoms with Crippen LogP contribution < -0.4 is 10.0 Å². The molecule has 0 atom stereocenters. The molecule has 2 rings (SSSR count). The normalized spacial score (nSPS) is 11.6. The Labute approximate surface area is 135 Å². The third-order valence-corrected chi connectivity index (χ3v) is 7.05. The molecule has 2 N–H and O–H groups in total. The number of rotatable bonds is 3. The van der Waals surface area contributed by atoms with E-state index in [1.165, 1.54) is 7.05 Å². The van der Waals surface area contributed by atoms with Crippen molar-refractivity contribution in [1.82, 2.24) is 0 Å². The predicted octanol–water partition coefficient (Wildman–Crippen LogP) is 3.88. The van der Waals surface area contributed by atoms with Crippen LogP contribution in [-0.4, -0.2) is 15.5 Å². The van der Waals surface area contributed by atoms with Crippen LogP contribution in [0.15, 0.2) is 32.9 Å². The molecule has 0 radical (unpaired) electrons. The van der Waals surface area contributed by atoms with Crippen LogP contribution in [-0.2, 0) is 10.0 Å². The number of benzene rings is 1. The van der Waals surface area contributed by atoms with Gasteiger partial charge in [0.15, 0.2) is 0 Å². The summed E-state index contributed by atoms with van der Waals surface area (Å²) in [6.07, 6.45) is 0. The topological polar surface area (TPSA) is 63.4 Å². The number of hydrogen-bond acceptors (Lipinski definition) is 4. The first-order valence-corrected chi connectivity index (χ1v) is 8.96. The molecule has 1 aromatic carbocycles. The number of halogens is 2. The second-order valence-electron chi connectivity index (χ2n) is 4.20. The maximum absolute atomic E-state index is 12.5. The van der Waals surface area contributed by atoms with E-state index in [1.54, 1.807) is 31.2 Å². The molecule has 0 aliphatic heterocycles. The molecule has 4 nitrogen and oxygen atoms in total. The van der Waals surface area contributed by atoms with E-state index in [0.29, 0.717) is 15.7 Å². The van der Waals surface area contributed by atoms with Crippen LogP contribution in [0, 0.1) is 6.92 Å². The van der Waals surface area contributed by atoms with Crippen molar-refractivity contribution in [1.29, 1.82) is 0 Å². The van der Waals surface area contributed by atoms with Crippen LogP contribution >= 0.6 is 38.9 Å². The third kappa shape index (κ3) is 2.81. The Bertz CT molecular complexity index is 739. The SMILES string of the molecule is Cc1cc(S(=O)(=O)N(C)c2ccc(Br)cc2N)sc1Cl. The molecule has 0 saturated heterocycles. The molecule has 0 aliphatic rings. The highest BCUT2D eigenvalue weighted by Gasteiger charge is 2.25. The van der Waals surface area contributed by atoms with Crippen LogP contribution in [0.3, 0.4) is 0 Å². The summed E-state index contributed by atoms with van der Waals surface area (Å²) in [6, 6.07) is 6.62. The summed E-state index contributed by atoms with van der Waals surface area (Å²) >= 11 is 10.3. The van der Waals surface area contributed by atoms with E-state index in [-0.39, 0.29) is 4.21 Å². The van der Waals surface area contributed by atoms with Gasteiger partial charge in [0.1, 0.15) is 4.21 Å². The summed E-state index contributed by atoms with van der Waals surface area (Å²) in [4.78, 5) is 0. The van der Waals surface area contributed by atoms with E-state index in [4.69, 9.17) is 17.3 Å². The molecule has 0 amide bonds. The molecule has 1 heterocycles. The van der Waals surface area contributed by atoms with Crippen molar-refractivity contribution in [2.24, 2.45) is 0 Å². The van der Waals surface area contributed by atoms with E-state index in [2.05, 4.69) is 15.9 Å². The zero-order valence-corrected chi connectivity index (χ0v) is 14.7. The largest absolute Gasteiger partial charge is 0.397 e. The van der Waals surface area contributed by atoms with Crippen LogP contribution in [0.4, 0.5) is 11.4 Å². The molecule has 20 heavy (non-hydrogen) atoms. The maximum atomic E-state index is 12.5. The number of nitrogen functional groups attached to an aromatic ring is 1. The lowest BCUT2D eigenvalue weighted by Gasteiger charge is -2.20. The number of aryl methyl sites for hydroxylation is 1. The lowest BCUT2D eigenvalue weighted by atomic mass is 10.3. The highest BCUT2D eigenvalue weighted by Crippen LogP contribution is 2.35. The van der Waals surface area contributed by atoms with E-state index < -0.39 is 10.0 Å². The van der Waals surface area contributed by atoms with E-state index in [0.717, 1.165) is 25.7 Å². The minimum Gasteiger partial charge on any atom is -0.397 e. The fourth-order valence-corrected chi connectivity index (χ4v) is 5.12. The lowest BCUT2D eigenvalue weighted by Crippen LogP contribution is -2.26. The van der Waals surface area contributed by atoms with E-state index in [9.17, 15) is 8.42 Å². The van der Waals surface area contributed by atoms with E-state index >= 15 is 0 Å². The van der Waals surface area contributed by atoms with Gasteiger partial charge in [-0.25, -0.2) is 8.42 Å². The second-order valence-corrected chi connectivity index (χ2v) is 8.96. The minimum atomic E-state index is -3.66. The smallest absolute Gasteiger partial charge is 0.273 e. The molecule has 8 heteroatoms. The average Bonchev–Trinajstić information content (AvgIpc) is 2.69. The molecule has 0 fully saturated rings. The highest BCUT2D eigenvalue weighted by atomic mass is 79.9. The van der Waals surface area contributed by atoms with Crippen molar-refractivity contribution in [3.63, 3.8) is 0 Å². The number of nitrogens with zero attached hydrogens (tertiary/aromatic N) is 1. The molecule has 2 aromatic rings. The molecule has 1 aromatic heterocycles. The van der Waals surface area contributed by atoms with Gasteiger partial charge in [0.05, 0.1) is 15.7 Å². The Morgan fingerprint density at radius 2 is 2.00 bits per heavy atom. The van der Waals surface area contributed by atoms with Gasteiger partial charge in [-0.05, 0) is 36.8 Å². The van der Waals surface area contributed by atoms with Crippen molar-refractivity contribution in [2.75, 3.05) is 17.1 Å². The van der Waals surface area contributed by atoms with Crippen LogP contribution in [0.2, 0.25) is 4.34 Å². The number of hydrogen-bond donors (Lipinski definition) is 1. The van der Waals surface area contributed by atoms with Crippen molar-refractivity contribution < 1.29 is 8.42 Å². The number of nitrogens with two attached hydrogens (primary N) is 1. The summed E-state index contributed by atoms with van der Waals surface area (Å²) in [6.45, 7) is 1.77. The zero-order valence-electron chi connectivity index (χ0n) is 10.7.